The fourth-order valence-electron chi connectivity index (χ4n) is 5.27. The zero-order chi connectivity index (χ0) is 25.4. The summed E-state index contributed by atoms with van der Waals surface area (Å²) in [7, 11) is 3.19. The van der Waals surface area contributed by atoms with Gasteiger partial charge in [-0.3, -0.25) is 14.5 Å². The van der Waals surface area contributed by atoms with E-state index in [1.807, 2.05) is 54.6 Å². The highest BCUT2D eigenvalue weighted by atomic mass is 16.5. The predicted octanol–water partition coefficient (Wildman–Crippen LogP) is 6.16. The van der Waals surface area contributed by atoms with E-state index in [2.05, 4.69) is 19.2 Å². The van der Waals surface area contributed by atoms with Gasteiger partial charge in [0.1, 0.15) is 11.5 Å². The molecule has 0 radical (unpaired) electrons. The van der Waals surface area contributed by atoms with Crippen LogP contribution in [0, 0.1) is 5.41 Å². The van der Waals surface area contributed by atoms with Crippen LogP contribution in [0.4, 0.5) is 11.4 Å². The van der Waals surface area contributed by atoms with E-state index >= 15 is 0 Å². The summed E-state index contributed by atoms with van der Waals surface area (Å²) in [5.41, 5.74) is 3.99. The van der Waals surface area contributed by atoms with Crippen LogP contribution in [0.15, 0.2) is 84.1 Å². The van der Waals surface area contributed by atoms with Crippen LogP contribution in [0.5, 0.6) is 11.5 Å². The number of carbonyl (C=O) groups excluding carboxylic acids is 2. The number of ketones is 1. The average molecular weight is 483 g/mol. The molecule has 1 amide bonds. The Morgan fingerprint density at radius 3 is 2.39 bits per heavy atom. The Morgan fingerprint density at radius 1 is 0.944 bits per heavy atom. The van der Waals surface area contributed by atoms with Gasteiger partial charge in [0.25, 0.3) is 5.91 Å². The quantitative estimate of drug-likeness (QED) is 0.482. The number of ether oxygens (including phenoxy) is 2. The molecule has 0 bridgehead atoms. The lowest BCUT2D eigenvalue weighted by atomic mass is 9.73. The van der Waals surface area contributed by atoms with Crippen LogP contribution < -0.4 is 19.7 Å². The van der Waals surface area contributed by atoms with Gasteiger partial charge < -0.3 is 14.8 Å². The lowest BCUT2D eigenvalue weighted by molar-refractivity contribution is -0.118. The molecular weight excluding hydrogens is 452 g/mol. The van der Waals surface area contributed by atoms with E-state index in [-0.39, 0.29) is 17.1 Å². The second-order valence-corrected chi connectivity index (χ2v) is 10.0. The minimum Gasteiger partial charge on any atom is -0.497 e. The van der Waals surface area contributed by atoms with Crippen LogP contribution >= 0.6 is 0 Å². The largest absolute Gasteiger partial charge is 0.497 e. The number of amides is 1. The Bertz CT molecular complexity index is 1360. The number of carbonyl (C=O) groups is 2. The molecule has 0 saturated heterocycles. The maximum Gasteiger partial charge on any atom is 0.259 e. The van der Waals surface area contributed by atoms with Crippen molar-refractivity contribution >= 4 is 23.1 Å². The van der Waals surface area contributed by atoms with Crippen molar-refractivity contribution in [2.24, 2.45) is 5.41 Å². The topological polar surface area (TPSA) is 67.9 Å². The van der Waals surface area contributed by atoms with E-state index in [1.54, 1.807) is 37.3 Å². The molecule has 6 heteroatoms. The molecule has 0 unspecified atom stereocenters. The number of hydrogen-bond acceptors (Lipinski definition) is 5. The van der Waals surface area contributed by atoms with Gasteiger partial charge in [-0.25, -0.2) is 0 Å². The zero-order valence-electron chi connectivity index (χ0n) is 21.0. The third-order valence-electron chi connectivity index (χ3n) is 6.88. The monoisotopic (exact) mass is 482 g/mol. The molecule has 0 aromatic heterocycles. The highest BCUT2D eigenvalue weighted by Crippen LogP contribution is 2.50. The fraction of sp³-hybridized carbons (Fsp3) is 0.267. The Labute approximate surface area is 211 Å². The standard InChI is InChI=1S/C30H30N2O4/c1-30(2)17-23-27(25(33)18-30)28(21-15-14-20(35-3)16-26(21)36-4)32(24-13-9-8-12-22(24)31-23)29(34)19-10-6-5-7-11-19/h5-16,28,31H,17-18H2,1-4H3/t28-/m1/s1. The molecule has 1 aliphatic heterocycles. The Hall–Kier alpha value is -4.06. The SMILES string of the molecule is COc1ccc([C@@H]2C3=C(CC(C)(C)CC3=O)Nc3ccccc3N2C(=O)c2ccccc2)c(OC)c1. The smallest absolute Gasteiger partial charge is 0.259 e. The van der Waals surface area contributed by atoms with Gasteiger partial charge >= 0.3 is 0 Å². The maximum absolute atomic E-state index is 14.2. The summed E-state index contributed by atoms with van der Waals surface area (Å²) in [6.07, 6.45) is 1.08. The van der Waals surface area contributed by atoms with Crippen molar-refractivity contribution in [1.29, 1.82) is 0 Å². The summed E-state index contributed by atoms with van der Waals surface area (Å²) in [6, 6.07) is 21.7. The van der Waals surface area contributed by atoms with Crippen molar-refractivity contribution in [2.75, 3.05) is 24.4 Å². The van der Waals surface area contributed by atoms with Crippen molar-refractivity contribution in [3.8, 4) is 11.5 Å². The first kappa shape index (κ1) is 23.7. The van der Waals surface area contributed by atoms with E-state index in [1.165, 1.54) is 0 Å². The van der Waals surface area contributed by atoms with Gasteiger partial charge in [0.2, 0.25) is 0 Å². The van der Waals surface area contributed by atoms with E-state index in [9.17, 15) is 9.59 Å². The van der Waals surface area contributed by atoms with E-state index in [0.29, 0.717) is 41.2 Å². The van der Waals surface area contributed by atoms with Crippen LogP contribution in [-0.2, 0) is 4.79 Å². The number of fused-ring (bicyclic) bond motifs is 1. The number of benzene rings is 3. The molecule has 3 aromatic carbocycles. The molecular formula is C30H30N2O4. The first-order valence-electron chi connectivity index (χ1n) is 12.1. The number of Topliss-reactive ketones (excluding diaryl/α,β-unsaturated/α-hetero) is 1. The maximum atomic E-state index is 14.2. The van der Waals surface area contributed by atoms with Gasteiger partial charge in [-0.15, -0.1) is 0 Å². The van der Waals surface area contributed by atoms with Crippen molar-refractivity contribution in [2.45, 2.75) is 32.7 Å². The summed E-state index contributed by atoms with van der Waals surface area (Å²) < 4.78 is 11.2. The zero-order valence-corrected chi connectivity index (χ0v) is 21.0. The van der Waals surface area contributed by atoms with E-state index in [4.69, 9.17) is 9.47 Å². The van der Waals surface area contributed by atoms with Crippen LogP contribution in [0.3, 0.4) is 0 Å². The molecule has 6 nitrogen and oxygen atoms in total. The first-order valence-corrected chi connectivity index (χ1v) is 12.1. The molecule has 1 heterocycles. The molecule has 36 heavy (non-hydrogen) atoms. The van der Waals surface area contributed by atoms with Crippen LogP contribution in [0.1, 0.15) is 48.7 Å². The highest BCUT2D eigenvalue weighted by Gasteiger charge is 2.44. The highest BCUT2D eigenvalue weighted by molar-refractivity contribution is 6.12. The molecule has 2 aliphatic rings. The summed E-state index contributed by atoms with van der Waals surface area (Å²) in [6.45, 7) is 4.20. The van der Waals surface area contributed by atoms with Crippen LogP contribution in [0.25, 0.3) is 0 Å². The predicted molar refractivity (Wildman–Crippen MR) is 141 cm³/mol. The van der Waals surface area contributed by atoms with Crippen molar-refractivity contribution < 1.29 is 19.1 Å². The first-order chi connectivity index (χ1) is 17.3. The third-order valence-corrected chi connectivity index (χ3v) is 6.88. The van der Waals surface area contributed by atoms with Gasteiger partial charge in [0, 0.05) is 34.9 Å². The minimum atomic E-state index is -0.687. The van der Waals surface area contributed by atoms with Crippen LogP contribution in [-0.4, -0.2) is 25.9 Å². The van der Waals surface area contributed by atoms with Gasteiger partial charge in [0.05, 0.1) is 31.6 Å². The molecule has 1 N–H and O–H groups in total. The van der Waals surface area contributed by atoms with Gasteiger partial charge in [-0.2, -0.15) is 0 Å². The molecule has 0 fully saturated rings. The summed E-state index contributed by atoms with van der Waals surface area (Å²) >= 11 is 0. The lowest BCUT2D eigenvalue weighted by Crippen LogP contribution is -2.39. The van der Waals surface area contributed by atoms with Crippen molar-refractivity contribution in [3.63, 3.8) is 0 Å². The summed E-state index contributed by atoms with van der Waals surface area (Å²) in [5.74, 6) is 1.01. The second-order valence-electron chi connectivity index (χ2n) is 10.0. The molecule has 1 aliphatic carbocycles. The Kier molecular flexibility index (Phi) is 6.04. The molecule has 5 rings (SSSR count). The number of allylic oxidation sites excluding steroid dienone is 1. The number of methoxy groups -OCH3 is 2. The summed E-state index contributed by atoms with van der Waals surface area (Å²) in [5, 5.41) is 3.54. The van der Waals surface area contributed by atoms with E-state index in [0.717, 1.165) is 16.9 Å². The Morgan fingerprint density at radius 2 is 1.67 bits per heavy atom. The van der Waals surface area contributed by atoms with Gasteiger partial charge in [-0.1, -0.05) is 44.2 Å². The normalized spacial score (nSPS) is 18.5. The Balaban J connectivity index is 1.82. The minimum absolute atomic E-state index is 0.0234. The summed E-state index contributed by atoms with van der Waals surface area (Å²) in [4.78, 5) is 29.8. The molecule has 1 atom stereocenters. The second kappa shape index (κ2) is 9.19. The number of hydrogen-bond donors (Lipinski definition) is 1. The molecule has 0 spiro atoms. The third kappa shape index (κ3) is 4.13. The molecule has 184 valence electrons. The van der Waals surface area contributed by atoms with Crippen molar-refractivity contribution in [1.82, 2.24) is 0 Å². The van der Waals surface area contributed by atoms with Crippen LogP contribution in [0.2, 0.25) is 0 Å². The average Bonchev–Trinajstić information content (AvgIpc) is 3.01. The fourth-order valence-corrected chi connectivity index (χ4v) is 5.27. The van der Waals surface area contributed by atoms with Gasteiger partial charge in [0.15, 0.2) is 5.78 Å². The number of rotatable bonds is 4. The molecule has 0 saturated carbocycles. The van der Waals surface area contributed by atoms with Gasteiger partial charge in [-0.05, 0) is 48.2 Å². The lowest BCUT2D eigenvalue weighted by Gasteiger charge is -2.37. The number of anilines is 2. The number of nitrogens with zero attached hydrogens (tertiary/aromatic N) is 1. The molecule has 3 aromatic rings. The number of nitrogens with one attached hydrogen (secondary N) is 1. The van der Waals surface area contributed by atoms with E-state index < -0.39 is 6.04 Å². The van der Waals surface area contributed by atoms with Crippen molar-refractivity contribution in [3.05, 3.63) is 95.2 Å². The number of para-hydroxylation sites is 2.